The number of alkyl halides is 3. The van der Waals surface area contributed by atoms with Gasteiger partial charge in [0.2, 0.25) is 0 Å². The van der Waals surface area contributed by atoms with Crippen LogP contribution < -0.4 is 5.73 Å². The Hall–Kier alpha value is -2.97. The van der Waals surface area contributed by atoms with E-state index in [1.807, 2.05) is 0 Å². The molecule has 0 fully saturated rings. The number of pyridine rings is 1. The molecule has 0 unspecified atom stereocenters. The van der Waals surface area contributed by atoms with Crippen molar-refractivity contribution >= 4 is 11.6 Å². The summed E-state index contributed by atoms with van der Waals surface area (Å²) in [4.78, 5) is 25.1. The first-order valence-electron chi connectivity index (χ1n) is 6.24. The number of nitro benzene ring substituents is 1. The molecule has 2 aromatic rings. The monoisotopic (exact) mass is 325 g/mol. The fourth-order valence-electron chi connectivity index (χ4n) is 1.99. The molecule has 120 valence electrons. The molecule has 23 heavy (non-hydrogen) atoms. The number of carbonyl (C=O) groups excluding carboxylic acids is 1. The summed E-state index contributed by atoms with van der Waals surface area (Å²) in [5.74, 6) is -0.982. The maximum Gasteiger partial charge on any atom is 0.433 e. The minimum absolute atomic E-state index is 0.00204. The zero-order valence-corrected chi connectivity index (χ0v) is 11.7. The van der Waals surface area contributed by atoms with Gasteiger partial charge in [-0.25, -0.2) is 4.98 Å². The summed E-state index contributed by atoms with van der Waals surface area (Å²) in [5, 5.41) is 11.0. The van der Waals surface area contributed by atoms with Crippen molar-refractivity contribution in [2.75, 3.05) is 0 Å². The van der Waals surface area contributed by atoms with Crippen molar-refractivity contribution in [2.45, 2.75) is 13.1 Å². The molecule has 1 amide bonds. The molecule has 0 radical (unpaired) electrons. The van der Waals surface area contributed by atoms with E-state index in [1.165, 1.54) is 19.1 Å². The lowest BCUT2D eigenvalue weighted by Crippen LogP contribution is -2.16. The number of benzene rings is 1. The van der Waals surface area contributed by atoms with Crippen LogP contribution in [0.25, 0.3) is 11.3 Å². The van der Waals surface area contributed by atoms with Crippen molar-refractivity contribution in [1.82, 2.24) is 4.98 Å². The molecule has 1 aromatic carbocycles. The molecule has 6 nitrogen and oxygen atoms in total. The van der Waals surface area contributed by atoms with Crippen molar-refractivity contribution in [1.29, 1.82) is 0 Å². The number of primary amides is 1. The van der Waals surface area contributed by atoms with Crippen LogP contribution in [0.5, 0.6) is 0 Å². The summed E-state index contributed by atoms with van der Waals surface area (Å²) in [7, 11) is 0. The van der Waals surface area contributed by atoms with E-state index in [4.69, 9.17) is 5.73 Å². The van der Waals surface area contributed by atoms with E-state index < -0.39 is 22.7 Å². The topological polar surface area (TPSA) is 99.1 Å². The van der Waals surface area contributed by atoms with Gasteiger partial charge in [0.25, 0.3) is 11.6 Å². The van der Waals surface area contributed by atoms with Crippen LogP contribution in [0.4, 0.5) is 18.9 Å². The summed E-state index contributed by atoms with van der Waals surface area (Å²) >= 11 is 0. The van der Waals surface area contributed by atoms with Gasteiger partial charge in [-0.2, -0.15) is 13.2 Å². The van der Waals surface area contributed by atoms with Crippen LogP contribution in [-0.4, -0.2) is 15.8 Å². The van der Waals surface area contributed by atoms with Gasteiger partial charge in [-0.05, 0) is 19.1 Å². The Kier molecular flexibility index (Phi) is 4.04. The Labute approximate surface area is 127 Å². The number of amides is 1. The minimum atomic E-state index is -4.72. The normalized spacial score (nSPS) is 11.3. The molecule has 9 heteroatoms. The molecule has 0 aliphatic rings. The highest BCUT2D eigenvalue weighted by molar-refractivity contribution is 5.99. The molecule has 2 rings (SSSR count). The molecule has 0 spiro atoms. The fraction of sp³-hybridized carbons (Fsp3) is 0.143. The second kappa shape index (κ2) is 5.67. The largest absolute Gasteiger partial charge is 0.433 e. The quantitative estimate of drug-likeness (QED) is 0.692. The summed E-state index contributed by atoms with van der Waals surface area (Å²) < 4.78 is 38.4. The Bertz CT molecular complexity index is 804. The maximum atomic E-state index is 12.8. The molecule has 0 atom stereocenters. The third-order valence-corrected chi connectivity index (χ3v) is 3.13. The number of carbonyl (C=O) groups is 1. The van der Waals surface area contributed by atoms with Crippen LogP contribution in [0, 0.1) is 17.0 Å². The Morgan fingerprint density at radius 3 is 2.43 bits per heavy atom. The van der Waals surface area contributed by atoms with E-state index in [9.17, 15) is 28.1 Å². The summed E-state index contributed by atoms with van der Waals surface area (Å²) in [5.41, 5.74) is 3.35. The molecule has 2 N–H and O–H groups in total. The third-order valence-electron chi connectivity index (χ3n) is 3.13. The van der Waals surface area contributed by atoms with Crippen molar-refractivity contribution in [3.8, 4) is 11.3 Å². The highest BCUT2D eigenvalue weighted by Gasteiger charge is 2.33. The average molecular weight is 325 g/mol. The Morgan fingerprint density at radius 2 is 1.91 bits per heavy atom. The average Bonchev–Trinajstić information content (AvgIpc) is 2.45. The van der Waals surface area contributed by atoms with Crippen LogP contribution in [0.3, 0.4) is 0 Å². The van der Waals surface area contributed by atoms with Crippen LogP contribution in [0.2, 0.25) is 0 Å². The van der Waals surface area contributed by atoms with Crippen LogP contribution >= 0.6 is 0 Å². The fourth-order valence-corrected chi connectivity index (χ4v) is 1.99. The van der Waals surface area contributed by atoms with Crippen molar-refractivity contribution in [3.63, 3.8) is 0 Å². The number of nitrogens with two attached hydrogens (primary N) is 1. The van der Waals surface area contributed by atoms with Gasteiger partial charge in [-0.15, -0.1) is 0 Å². The molecule has 0 bridgehead atoms. The van der Waals surface area contributed by atoms with E-state index in [2.05, 4.69) is 4.98 Å². The van der Waals surface area contributed by atoms with Crippen LogP contribution in [0.15, 0.2) is 30.3 Å². The van der Waals surface area contributed by atoms with Crippen molar-refractivity contribution in [3.05, 3.63) is 57.3 Å². The Balaban J connectivity index is 2.72. The summed E-state index contributed by atoms with van der Waals surface area (Å²) in [6.45, 7) is 1.48. The lowest BCUT2D eigenvalue weighted by atomic mass is 10.0. The van der Waals surface area contributed by atoms with E-state index in [1.54, 1.807) is 0 Å². The minimum Gasteiger partial charge on any atom is -0.366 e. The maximum absolute atomic E-state index is 12.8. The van der Waals surface area contributed by atoms with Crippen LogP contribution in [0.1, 0.15) is 21.6 Å². The number of hydrogen-bond acceptors (Lipinski definition) is 4. The number of hydrogen-bond donors (Lipinski definition) is 1. The van der Waals surface area contributed by atoms with Gasteiger partial charge in [0.1, 0.15) is 5.69 Å². The highest BCUT2D eigenvalue weighted by atomic mass is 19.4. The predicted octanol–water partition coefficient (Wildman–Crippen LogP) is 3.08. The molecule has 1 heterocycles. The molecule has 0 aliphatic heterocycles. The van der Waals surface area contributed by atoms with Gasteiger partial charge in [0.05, 0.1) is 16.2 Å². The zero-order chi connectivity index (χ0) is 17.4. The second-order valence-corrected chi connectivity index (χ2v) is 4.71. The van der Waals surface area contributed by atoms with Gasteiger partial charge < -0.3 is 5.73 Å². The SMILES string of the molecule is Cc1ccc(-c2nc(C(F)(F)F)ccc2C(N)=O)cc1[N+](=O)[O-]. The summed E-state index contributed by atoms with van der Waals surface area (Å²) in [6.07, 6.45) is -4.72. The molecule has 0 saturated heterocycles. The van der Waals surface area contributed by atoms with E-state index >= 15 is 0 Å². The van der Waals surface area contributed by atoms with Gasteiger partial charge >= 0.3 is 6.18 Å². The van der Waals surface area contributed by atoms with Gasteiger partial charge in [0.15, 0.2) is 0 Å². The molecular weight excluding hydrogens is 315 g/mol. The molecule has 1 aromatic heterocycles. The number of aryl methyl sites for hydroxylation is 1. The second-order valence-electron chi connectivity index (χ2n) is 4.71. The first-order valence-corrected chi connectivity index (χ1v) is 6.24. The number of rotatable bonds is 3. The van der Waals surface area contributed by atoms with Gasteiger partial charge in [0, 0.05) is 17.2 Å². The smallest absolute Gasteiger partial charge is 0.366 e. The third kappa shape index (κ3) is 3.28. The number of nitrogens with zero attached hydrogens (tertiary/aromatic N) is 2. The number of halogens is 3. The summed E-state index contributed by atoms with van der Waals surface area (Å²) in [6, 6.07) is 5.30. The van der Waals surface area contributed by atoms with Gasteiger partial charge in [-0.1, -0.05) is 12.1 Å². The Morgan fingerprint density at radius 1 is 1.26 bits per heavy atom. The number of aromatic nitrogens is 1. The zero-order valence-electron chi connectivity index (χ0n) is 11.7. The number of nitro groups is 1. The highest BCUT2D eigenvalue weighted by Crippen LogP contribution is 2.32. The standard InChI is InChI=1S/C14H10F3N3O3/c1-7-2-3-8(6-10(7)20(22)23)12-9(13(18)21)4-5-11(19-12)14(15,16)17/h2-6H,1H3,(H2,18,21). The lowest BCUT2D eigenvalue weighted by Gasteiger charge is -2.11. The first-order chi connectivity index (χ1) is 10.6. The van der Waals surface area contributed by atoms with E-state index in [-0.39, 0.29) is 22.5 Å². The van der Waals surface area contributed by atoms with Crippen molar-refractivity contribution in [2.24, 2.45) is 5.73 Å². The van der Waals surface area contributed by atoms with Crippen molar-refractivity contribution < 1.29 is 22.9 Å². The molecular formula is C14H10F3N3O3. The van der Waals surface area contributed by atoms with E-state index in [0.717, 1.165) is 12.1 Å². The molecule has 0 aliphatic carbocycles. The lowest BCUT2D eigenvalue weighted by molar-refractivity contribution is -0.385. The molecule has 0 saturated carbocycles. The van der Waals surface area contributed by atoms with E-state index in [0.29, 0.717) is 11.6 Å². The van der Waals surface area contributed by atoms with Gasteiger partial charge in [-0.3, -0.25) is 14.9 Å². The first kappa shape index (κ1) is 16.4. The predicted molar refractivity (Wildman–Crippen MR) is 74.6 cm³/mol. The van der Waals surface area contributed by atoms with Crippen LogP contribution in [-0.2, 0) is 6.18 Å².